The first-order chi connectivity index (χ1) is 12.1. The number of rotatable bonds is 7. The number of hydrogen-bond donors (Lipinski definition) is 2. The molecule has 2 unspecified atom stereocenters. The molecule has 0 saturated heterocycles. The maximum Gasteiger partial charge on any atom is 0.234 e. The Labute approximate surface area is 150 Å². The van der Waals surface area contributed by atoms with Crippen molar-refractivity contribution >= 4 is 5.91 Å². The molecule has 1 aromatic rings. The number of benzene rings is 1. The molecule has 1 aromatic carbocycles. The van der Waals surface area contributed by atoms with Gasteiger partial charge in [-0.3, -0.25) is 9.69 Å². The fraction of sp³-hybridized carbons (Fsp3) is 0.650. The summed E-state index contributed by atoms with van der Waals surface area (Å²) in [6.07, 6.45) is 4.80. The van der Waals surface area contributed by atoms with Crippen molar-refractivity contribution < 1.29 is 14.6 Å². The molecule has 2 fully saturated rings. The lowest BCUT2D eigenvalue weighted by Crippen LogP contribution is -2.40. The minimum absolute atomic E-state index is 0.0782. The van der Waals surface area contributed by atoms with Crippen LogP contribution in [0.1, 0.15) is 31.2 Å². The molecule has 0 radical (unpaired) electrons. The van der Waals surface area contributed by atoms with Crippen molar-refractivity contribution in [2.75, 3.05) is 27.2 Å². The summed E-state index contributed by atoms with van der Waals surface area (Å²) < 4.78 is 5.34. The van der Waals surface area contributed by atoms with Crippen LogP contribution in [0.2, 0.25) is 0 Å². The molecule has 0 aliphatic heterocycles. The zero-order valence-electron chi connectivity index (χ0n) is 15.3. The molecule has 2 aliphatic rings. The van der Waals surface area contributed by atoms with E-state index in [9.17, 15) is 9.90 Å². The Morgan fingerprint density at radius 3 is 2.60 bits per heavy atom. The molecule has 0 spiro atoms. The number of ether oxygens (including phenoxy) is 1. The summed E-state index contributed by atoms with van der Waals surface area (Å²) in [7, 11) is 3.71. The van der Waals surface area contributed by atoms with Gasteiger partial charge < -0.3 is 15.2 Å². The Bertz CT molecular complexity index is 578. The number of hydrogen-bond acceptors (Lipinski definition) is 4. The molecule has 2 saturated carbocycles. The van der Waals surface area contributed by atoms with E-state index in [4.69, 9.17) is 4.74 Å². The SMILES string of the molecule is COc1ccccc1CCNC(=O)CN(C)C1C[C@H]2CC(O)C[C@H]2C1. The molecule has 2 N–H and O–H groups in total. The highest BCUT2D eigenvalue weighted by atomic mass is 16.5. The minimum atomic E-state index is -0.0977. The van der Waals surface area contributed by atoms with E-state index in [0.717, 1.165) is 43.4 Å². The van der Waals surface area contributed by atoms with E-state index in [2.05, 4.69) is 10.2 Å². The van der Waals surface area contributed by atoms with Gasteiger partial charge in [-0.25, -0.2) is 0 Å². The van der Waals surface area contributed by atoms with Gasteiger partial charge in [0.15, 0.2) is 0 Å². The third-order valence-corrected chi connectivity index (χ3v) is 5.89. The number of carbonyl (C=O) groups is 1. The van der Waals surface area contributed by atoms with Crippen molar-refractivity contribution in [2.24, 2.45) is 11.8 Å². The van der Waals surface area contributed by atoms with Crippen LogP contribution in [-0.4, -0.2) is 55.3 Å². The summed E-state index contributed by atoms with van der Waals surface area (Å²) in [6, 6.07) is 8.39. The lowest BCUT2D eigenvalue weighted by atomic mass is 10.0. The highest BCUT2D eigenvalue weighted by Crippen LogP contribution is 2.45. The number of nitrogens with zero attached hydrogens (tertiary/aromatic N) is 1. The second kappa shape index (κ2) is 8.19. The lowest BCUT2D eigenvalue weighted by Gasteiger charge is -2.24. The van der Waals surface area contributed by atoms with Gasteiger partial charge in [0.2, 0.25) is 5.91 Å². The van der Waals surface area contributed by atoms with Gasteiger partial charge in [0.05, 0.1) is 19.8 Å². The van der Waals surface area contributed by atoms with E-state index in [0.29, 0.717) is 31.0 Å². The summed E-state index contributed by atoms with van der Waals surface area (Å²) in [4.78, 5) is 14.4. The van der Waals surface area contributed by atoms with E-state index in [1.54, 1.807) is 7.11 Å². The highest BCUT2D eigenvalue weighted by molar-refractivity contribution is 5.78. The fourth-order valence-electron chi connectivity index (χ4n) is 4.57. The van der Waals surface area contributed by atoms with Crippen LogP contribution in [0, 0.1) is 11.8 Å². The first-order valence-corrected chi connectivity index (χ1v) is 9.33. The number of para-hydroxylation sites is 1. The average molecular weight is 346 g/mol. The molecule has 25 heavy (non-hydrogen) atoms. The summed E-state index contributed by atoms with van der Waals surface area (Å²) in [5.74, 6) is 2.25. The van der Waals surface area contributed by atoms with Crippen LogP contribution in [0.4, 0.5) is 0 Å². The number of nitrogens with one attached hydrogen (secondary N) is 1. The molecule has 4 atom stereocenters. The fourth-order valence-corrected chi connectivity index (χ4v) is 4.57. The van der Waals surface area contributed by atoms with Crippen molar-refractivity contribution in [3.63, 3.8) is 0 Å². The number of methoxy groups -OCH3 is 1. The molecular formula is C20H30N2O3. The molecule has 5 nitrogen and oxygen atoms in total. The Hall–Kier alpha value is -1.59. The summed E-state index contributed by atoms with van der Waals surface area (Å²) in [5.41, 5.74) is 1.11. The van der Waals surface area contributed by atoms with Crippen molar-refractivity contribution in [2.45, 2.75) is 44.2 Å². The molecule has 1 amide bonds. The van der Waals surface area contributed by atoms with E-state index in [1.807, 2.05) is 31.3 Å². The largest absolute Gasteiger partial charge is 0.496 e. The van der Waals surface area contributed by atoms with E-state index >= 15 is 0 Å². The predicted octanol–water partition coefficient (Wildman–Crippen LogP) is 1.84. The van der Waals surface area contributed by atoms with Crippen molar-refractivity contribution in [3.8, 4) is 5.75 Å². The third kappa shape index (κ3) is 4.53. The number of carbonyl (C=O) groups excluding carboxylic acids is 1. The van der Waals surface area contributed by atoms with Gasteiger partial charge in [-0.05, 0) is 62.6 Å². The number of aliphatic hydroxyl groups excluding tert-OH is 1. The number of fused-ring (bicyclic) bond motifs is 1. The second-order valence-corrected chi connectivity index (χ2v) is 7.60. The minimum Gasteiger partial charge on any atom is -0.496 e. The monoisotopic (exact) mass is 346 g/mol. The number of aliphatic hydroxyl groups is 1. The van der Waals surface area contributed by atoms with Crippen LogP contribution in [0.3, 0.4) is 0 Å². The summed E-state index contributed by atoms with van der Waals surface area (Å²) in [5, 5.41) is 12.8. The Morgan fingerprint density at radius 2 is 1.92 bits per heavy atom. The first kappa shape index (κ1) is 18.2. The number of amides is 1. The zero-order valence-corrected chi connectivity index (χ0v) is 15.3. The molecule has 3 rings (SSSR count). The lowest BCUT2D eigenvalue weighted by molar-refractivity contribution is -0.122. The quantitative estimate of drug-likeness (QED) is 0.791. The topological polar surface area (TPSA) is 61.8 Å². The normalized spacial score (nSPS) is 28.2. The van der Waals surface area contributed by atoms with Crippen LogP contribution in [0.15, 0.2) is 24.3 Å². The maximum absolute atomic E-state index is 12.2. The maximum atomic E-state index is 12.2. The molecule has 0 bridgehead atoms. The van der Waals surface area contributed by atoms with Gasteiger partial charge in [0.1, 0.15) is 5.75 Å². The third-order valence-electron chi connectivity index (χ3n) is 5.89. The smallest absolute Gasteiger partial charge is 0.234 e. The van der Waals surface area contributed by atoms with Crippen LogP contribution < -0.4 is 10.1 Å². The van der Waals surface area contributed by atoms with E-state index in [-0.39, 0.29) is 12.0 Å². The van der Waals surface area contributed by atoms with Gasteiger partial charge in [-0.2, -0.15) is 0 Å². The van der Waals surface area contributed by atoms with Gasteiger partial charge in [0, 0.05) is 12.6 Å². The van der Waals surface area contributed by atoms with Gasteiger partial charge in [-0.15, -0.1) is 0 Å². The Morgan fingerprint density at radius 1 is 1.24 bits per heavy atom. The Kier molecular flexibility index (Phi) is 5.97. The zero-order chi connectivity index (χ0) is 17.8. The molecule has 0 heterocycles. The van der Waals surface area contributed by atoms with Crippen LogP contribution in [0.5, 0.6) is 5.75 Å². The molecule has 5 heteroatoms. The molecule has 2 aliphatic carbocycles. The highest BCUT2D eigenvalue weighted by Gasteiger charge is 2.42. The molecule has 0 aromatic heterocycles. The summed E-state index contributed by atoms with van der Waals surface area (Å²) >= 11 is 0. The van der Waals surface area contributed by atoms with Crippen LogP contribution in [-0.2, 0) is 11.2 Å². The molecular weight excluding hydrogens is 316 g/mol. The van der Waals surface area contributed by atoms with Crippen molar-refractivity contribution in [3.05, 3.63) is 29.8 Å². The van der Waals surface area contributed by atoms with Crippen molar-refractivity contribution in [1.82, 2.24) is 10.2 Å². The van der Waals surface area contributed by atoms with Gasteiger partial charge in [0.25, 0.3) is 0 Å². The van der Waals surface area contributed by atoms with Gasteiger partial charge in [-0.1, -0.05) is 18.2 Å². The predicted molar refractivity (Wildman–Crippen MR) is 97.6 cm³/mol. The molecule has 138 valence electrons. The Balaban J connectivity index is 1.39. The van der Waals surface area contributed by atoms with Crippen molar-refractivity contribution in [1.29, 1.82) is 0 Å². The average Bonchev–Trinajstić information content (AvgIpc) is 3.12. The van der Waals surface area contributed by atoms with Crippen LogP contribution >= 0.6 is 0 Å². The van der Waals surface area contributed by atoms with E-state index in [1.165, 1.54) is 0 Å². The second-order valence-electron chi connectivity index (χ2n) is 7.60. The van der Waals surface area contributed by atoms with Crippen LogP contribution in [0.25, 0.3) is 0 Å². The number of likely N-dealkylation sites (N-methyl/N-ethyl adjacent to an activating group) is 1. The standard InChI is InChI=1S/C20H30N2O3/c1-22(17-9-15-11-18(23)12-16(15)10-17)13-20(24)21-8-7-14-5-3-4-6-19(14)25-2/h3-6,15-18,23H,7-13H2,1-2H3,(H,21,24)/t15-,16+,17?,18?. The van der Waals surface area contributed by atoms with E-state index < -0.39 is 0 Å². The summed E-state index contributed by atoms with van der Waals surface area (Å²) in [6.45, 7) is 1.06. The van der Waals surface area contributed by atoms with Gasteiger partial charge >= 0.3 is 0 Å². The first-order valence-electron chi connectivity index (χ1n) is 9.33.